The minimum absolute atomic E-state index is 0.0519. The lowest BCUT2D eigenvalue weighted by Crippen LogP contribution is -2.15. The third kappa shape index (κ3) is 11.7. The SMILES string of the molecule is CC(C)=CCC/C(C)=C/CCC(=O)CC(=O)OC(C)C. The summed E-state index contributed by atoms with van der Waals surface area (Å²) in [5.41, 5.74) is 2.62. The Kier molecular flexibility index (Phi) is 9.69. The third-order valence-electron chi connectivity index (χ3n) is 2.72. The van der Waals surface area contributed by atoms with Crippen molar-refractivity contribution in [2.75, 3.05) is 0 Å². The minimum atomic E-state index is -0.422. The molecule has 0 aliphatic heterocycles. The lowest BCUT2D eigenvalue weighted by Gasteiger charge is -2.06. The zero-order valence-electron chi connectivity index (χ0n) is 13.5. The van der Waals surface area contributed by atoms with Crippen molar-refractivity contribution in [3.63, 3.8) is 0 Å². The van der Waals surface area contributed by atoms with Gasteiger partial charge in [-0.3, -0.25) is 9.59 Å². The van der Waals surface area contributed by atoms with E-state index in [2.05, 4.69) is 32.9 Å². The summed E-state index contributed by atoms with van der Waals surface area (Å²) in [6.07, 6.45) is 7.21. The Morgan fingerprint density at radius 3 is 2.15 bits per heavy atom. The summed E-state index contributed by atoms with van der Waals surface area (Å²) in [6.45, 7) is 9.82. The fourth-order valence-electron chi connectivity index (χ4n) is 1.72. The van der Waals surface area contributed by atoms with Crippen LogP contribution in [0.4, 0.5) is 0 Å². The van der Waals surface area contributed by atoms with Crippen molar-refractivity contribution in [2.45, 2.75) is 72.8 Å². The van der Waals surface area contributed by atoms with Gasteiger partial charge in [0.25, 0.3) is 0 Å². The number of hydrogen-bond donors (Lipinski definition) is 0. The summed E-state index contributed by atoms with van der Waals surface area (Å²) in [7, 11) is 0. The second-order valence-electron chi connectivity index (χ2n) is 5.66. The standard InChI is InChI=1S/C17H28O3/c1-13(2)8-6-9-15(5)10-7-11-16(18)12-17(19)20-14(3)4/h8,10,14H,6-7,9,11-12H2,1-5H3/b15-10+. The molecule has 0 fully saturated rings. The molecule has 0 atom stereocenters. The zero-order chi connectivity index (χ0) is 15.5. The quantitative estimate of drug-likeness (QED) is 0.358. The molecule has 0 aromatic heterocycles. The highest BCUT2D eigenvalue weighted by atomic mass is 16.5. The Morgan fingerprint density at radius 2 is 1.60 bits per heavy atom. The molecule has 0 aromatic carbocycles. The van der Waals surface area contributed by atoms with Gasteiger partial charge < -0.3 is 4.74 Å². The molecule has 0 amide bonds. The number of ether oxygens (including phenoxy) is 1. The van der Waals surface area contributed by atoms with Crippen molar-refractivity contribution in [3.8, 4) is 0 Å². The lowest BCUT2D eigenvalue weighted by atomic mass is 10.1. The Morgan fingerprint density at radius 1 is 1.00 bits per heavy atom. The topological polar surface area (TPSA) is 43.4 Å². The molecule has 3 heteroatoms. The van der Waals surface area contributed by atoms with Gasteiger partial charge in [0.05, 0.1) is 6.10 Å². The van der Waals surface area contributed by atoms with Gasteiger partial charge >= 0.3 is 5.97 Å². The van der Waals surface area contributed by atoms with Crippen LogP contribution in [0, 0.1) is 0 Å². The molecule has 0 spiro atoms. The smallest absolute Gasteiger partial charge is 0.313 e. The number of rotatable bonds is 9. The molecule has 0 rings (SSSR count). The average Bonchev–Trinajstić information content (AvgIpc) is 2.26. The molecule has 3 nitrogen and oxygen atoms in total. The van der Waals surface area contributed by atoms with E-state index in [0.29, 0.717) is 12.8 Å². The molecule has 0 bridgehead atoms. The first kappa shape index (κ1) is 18.6. The Balaban J connectivity index is 3.89. The predicted molar refractivity (Wildman–Crippen MR) is 82.5 cm³/mol. The molecule has 0 aromatic rings. The van der Waals surface area contributed by atoms with Gasteiger partial charge in [0, 0.05) is 6.42 Å². The highest BCUT2D eigenvalue weighted by molar-refractivity contribution is 5.95. The molecular weight excluding hydrogens is 252 g/mol. The molecule has 0 heterocycles. The zero-order valence-corrected chi connectivity index (χ0v) is 13.5. The van der Waals surface area contributed by atoms with Crippen LogP contribution < -0.4 is 0 Å². The summed E-state index contributed by atoms with van der Waals surface area (Å²) < 4.78 is 4.94. The van der Waals surface area contributed by atoms with Crippen LogP contribution in [0.3, 0.4) is 0 Å². The van der Waals surface area contributed by atoms with E-state index >= 15 is 0 Å². The van der Waals surface area contributed by atoms with Gasteiger partial charge in [-0.05, 0) is 53.9 Å². The second-order valence-corrected chi connectivity index (χ2v) is 5.66. The molecule has 20 heavy (non-hydrogen) atoms. The van der Waals surface area contributed by atoms with Crippen LogP contribution in [0.25, 0.3) is 0 Å². The van der Waals surface area contributed by atoms with E-state index in [9.17, 15) is 9.59 Å². The van der Waals surface area contributed by atoms with Gasteiger partial charge in [0.1, 0.15) is 12.2 Å². The highest BCUT2D eigenvalue weighted by Gasteiger charge is 2.11. The van der Waals surface area contributed by atoms with Gasteiger partial charge in [-0.15, -0.1) is 0 Å². The molecule has 0 N–H and O–H groups in total. The number of ketones is 1. The molecular formula is C17H28O3. The minimum Gasteiger partial charge on any atom is -0.463 e. The number of carbonyl (C=O) groups excluding carboxylic acids is 2. The van der Waals surface area contributed by atoms with Crippen LogP contribution in [-0.4, -0.2) is 17.9 Å². The highest BCUT2D eigenvalue weighted by Crippen LogP contribution is 2.09. The first-order chi connectivity index (χ1) is 9.31. The van der Waals surface area contributed by atoms with E-state index in [1.54, 1.807) is 13.8 Å². The van der Waals surface area contributed by atoms with Crippen LogP contribution in [0.2, 0.25) is 0 Å². The molecule has 114 valence electrons. The van der Waals surface area contributed by atoms with Crippen LogP contribution in [-0.2, 0) is 14.3 Å². The fraction of sp³-hybridized carbons (Fsp3) is 0.647. The normalized spacial score (nSPS) is 11.4. The lowest BCUT2D eigenvalue weighted by molar-refractivity contribution is -0.149. The molecule has 0 aliphatic rings. The maximum absolute atomic E-state index is 11.6. The largest absolute Gasteiger partial charge is 0.463 e. The van der Waals surface area contributed by atoms with Crippen molar-refractivity contribution < 1.29 is 14.3 Å². The molecule has 0 aliphatic carbocycles. The Labute approximate surface area is 123 Å². The number of carbonyl (C=O) groups is 2. The van der Waals surface area contributed by atoms with Crippen molar-refractivity contribution in [2.24, 2.45) is 0 Å². The van der Waals surface area contributed by atoms with Gasteiger partial charge in [0.15, 0.2) is 0 Å². The van der Waals surface area contributed by atoms with Crippen molar-refractivity contribution >= 4 is 11.8 Å². The summed E-state index contributed by atoms with van der Waals surface area (Å²) in [5.74, 6) is -0.474. The Hall–Kier alpha value is -1.38. The van der Waals surface area contributed by atoms with Gasteiger partial charge in [-0.25, -0.2) is 0 Å². The van der Waals surface area contributed by atoms with Crippen molar-refractivity contribution in [1.82, 2.24) is 0 Å². The van der Waals surface area contributed by atoms with Crippen LogP contribution in [0.5, 0.6) is 0 Å². The van der Waals surface area contributed by atoms with Crippen molar-refractivity contribution in [1.29, 1.82) is 0 Å². The number of Topliss-reactive ketones (excluding diaryl/α,β-unsaturated/α-hetero) is 1. The van der Waals surface area contributed by atoms with E-state index in [-0.39, 0.29) is 18.3 Å². The first-order valence-electron chi connectivity index (χ1n) is 7.31. The summed E-state index contributed by atoms with van der Waals surface area (Å²) in [5, 5.41) is 0. The van der Waals surface area contributed by atoms with Crippen LogP contribution >= 0.6 is 0 Å². The van der Waals surface area contributed by atoms with Crippen molar-refractivity contribution in [3.05, 3.63) is 23.3 Å². The summed E-state index contributed by atoms with van der Waals surface area (Å²) >= 11 is 0. The molecule has 0 radical (unpaired) electrons. The van der Waals surface area contributed by atoms with E-state index in [0.717, 1.165) is 12.8 Å². The number of esters is 1. The summed E-state index contributed by atoms with van der Waals surface area (Å²) in [4.78, 5) is 22.9. The van der Waals surface area contributed by atoms with E-state index in [4.69, 9.17) is 4.74 Å². The first-order valence-corrected chi connectivity index (χ1v) is 7.31. The number of hydrogen-bond acceptors (Lipinski definition) is 3. The fourth-order valence-corrected chi connectivity index (χ4v) is 1.72. The van der Waals surface area contributed by atoms with E-state index in [1.807, 2.05) is 0 Å². The van der Waals surface area contributed by atoms with Gasteiger partial charge in [0.2, 0.25) is 0 Å². The predicted octanol–water partition coefficient (Wildman–Crippen LogP) is 4.37. The maximum atomic E-state index is 11.6. The van der Waals surface area contributed by atoms with Gasteiger partial charge in [-0.1, -0.05) is 23.3 Å². The third-order valence-corrected chi connectivity index (χ3v) is 2.72. The molecule has 0 saturated heterocycles. The average molecular weight is 280 g/mol. The van der Waals surface area contributed by atoms with Crippen LogP contribution in [0.15, 0.2) is 23.3 Å². The number of allylic oxidation sites excluding steroid dienone is 4. The second kappa shape index (κ2) is 10.4. The van der Waals surface area contributed by atoms with Gasteiger partial charge in [-0.2, -0.15) is 0 Å². The monoisotopic (exact) mass is 280 g/mol. The van der Waals surface area contributed by atoms with E-state index < -0.39 is 5.97 Å². The van der Waals surface area contributed by atoms with E-state index in [1.165, 1.54) is 11.1 Å². The molecule has 0 saturated carbocycles. The summed E-state index contributed by atoms with van der Waals surface area (Å²) in [6, 6.07) is 0. The maximum Gasteiger partial charge on any atom is 0.313 e. The Bertz CT molecular complexity index is 372. The molecule has 0 unspecified atom stereocenters. The van der Waals surface area contributed by atoms with Crippen LogP contribution in [0.1, 0.15) is 66.7 Å².